The van der Waals surface area contributed by atoms with Crippen LogP contribution in [0.4, 0.5) is 0 Å². The Morgan fingerprint density at radius 1 is 0.667 bits per heavy atom. The van der Waals surface area contributed by atoms with Gasteiger partial charge in [-0.2, -0.15) is 0 Å². The van der Waals surface area contributed by atoms with Crippen LogP contribution in [0.3, 0.4) is 0 Å². The molecule has 0 amide bonds. The van der Waals surface area contributed by atoms with Gasteiger partial charge in [0.15, 0.2) is 0 Å². The monoisotopic (exact) mass is 258 g/mol. The molecule has 0 radical (unpaired) electrons. The highest BCUT2D eigenvalue weighted by Gasteiger charge is 2.13. The third kappa shape index (κ3) is 18.3. The Labute approximate surface area is 116 Å². The number of hydrogen-bond donors (Lipinski definition) is 2. The lowest BCUT2D eigenvalue weighted by Gasteiger charge is -2.22. The highest BCUT2D eigenvalue weighted by Crippen LogP contribution is 2.20. The van der Waals surface area contributed by atoms with Crippen molar-refractivity contribution in [3.8, 4) is 0 Å². The lowest BCUT2D eigenvalue weighted by molar-refractivity contribution is 0.328. The van der Waals surface area contributed by atoms with Crippen molar-refractivity contribution in [1.82, 2.24) is 10.6 Å². The van der Waals surface area contributed by atoms with E-state index in [0.717, 1.165) is 0 Å². The van der Waals surface area contributed by atoms with E-state index < -0.39 is 0 Å². The average Bonchev–Trinajstić information content (AvgIpc) is 2.13. The second kappa shape index (κ2) is 8.92. The van der Waals surface area contributed by atoms with Gasteiger partial charge in [0.1, 0.15) is 0 Å². The van der Waals surface area contributed by atoms with Crippen LogP contribution < -0.4 is 10.6 Å². The Kier molecular flexibility index (Phi) is 10.0. The van der Waals surface area contributed by atoms with Crippen LogP contribution in [0.25, 0.3) is 0 Å². The first-order chi connectivity index (χ1) is 7.91. The van der Waals surface area contributed by atoms with Crippen molar-refractivity contribution < 1.29 is 0 Å². The molecule has 0 unspecified atom stereocenters. The molecule has 0 heterocycles. The Bertz CT molecular complexity index is 164. The molecular formula is C16H38N2. The first-order valence-electron chi connectivity index (χ1n) is 7.26. The Hall–Kier alpha value is -0.0800. The maximum Gasteiger partial charge on any atom is 0.00407 e. The summed E-state index contributed by atoms with van der Waals surface area (Å²) in [5.41, 5.74) is 0.921. The lowest BCUT2D eigenvalue weighted by Crippen LogP contribution is -2.26. The molecule has 0 aliphatic carbocycles. The molecule has 0 saturated heterocycles. The fourth-order valence-corrected chi connectivity index (χ4v) is 2.04. The van der Waals surface area contributed by atoms with Crippen LogP contribution >= 0.6 is 0 Å². The SMILES string of the molecule is CN[C@@H](C)CC(C)(C)C.CN[C@H](C)CC(C)(C)C. The molecule has 2 nitrogen and oxygen atoms in total. The first-order valence-corrected chi connectivity index (χ1v) is 7.26. The summed E-state index contributed by atoms with van der Waals surface area (Å²) >= 11 is 0. The van der Waals surface area contributed by atoms with Gasteiger partial charge < -0.3 is 10.6 Å². The minimum atomic E-state index is 0.461. The largest absolute Gasteiger partial charge is 0.317 e. The van der Waals surface area contributed by atoms with Crippen LogP contribution in [0.2, 0.25) is 0 Å². The molecule has 0 aliphatic heterocycles. The molecule has 0 saturated carbocycles. The van der Waals surface area contributed by atoms with Gasteiger partial charge in [-0.15, -0.1) is 0 Å². The van der Waals surface area contributed by atoms with E-state index in [9.17, 15) is 0 Å². The molecule has 112 valence electrons. The van der Waals surface area contributed by atoms with E-state index in [2.05, 4.69) is 66.0 Å². The van der Waals surface area contributed by atoms with Crippen molar-refractivity contribution >= 4 is 0 Å². The third-order valence-electron chi connectivity index (χ3n) is 2.82. The molecular weight excluding hydrogens is 220 g/mol. The summed E-state index contributed by atoms with van der Waals surface area (Å²) < 4.78 is 0. The zero-order valence-corrected chi connectivity index (χ0v) is 14.6. The van der Waals surface area contributed by atoms with Crippen molar-refractivity contribution in [2.75, 3.05) is 14.1 Å². The van der Waals surface area contributed by atoms with Crippen molar-refractivity contribution in [2.45, 2.75) is 80.3 Å². The predicted octanol–water partition coefficient (Wildman–Crippen LogP) is 4.06. The molecule has 2 N–H and O–H groups in total. The molecule has 0 spiro atoms. The predicted molar refractivity (Wildman–Crippen MR) is 85.2 cm³/mol. The van der Waals surface area contributed by atoms with Crippen LogP contribution in [0.15, 0.2) is 0 Å². The van der Waals surface area contributed by atoms with E-state index in [-0.39, 0.29) is 0 Å². The molecule has 0 aliphatic rings. The second-order valence-corrected chi connectivity index (χ2v) is 7.91. The maximum absolute atomic E-state index is 3.22. The lowest BCUT2D eigenvalue weighted by atomic mass is 9.89. The van der Waals surface area contributed by atoms with Gasteiger partial charge in [0.05, 0.1) is 0 Å². The minimum absolute atomic E-state index is 0.461. The van der Waals surface area contributed by atoms with Gasteiger partial charge in [0.2, 0.25) is 0 Å². The fraction of sp³-hybridized carbons (Fsp3) is 1.00. The van der Waals surface area contributed by atoms with Gasteiger partial charge in [0.25, 0.3) is 0 Å². The highest BCUT2D eigenvalue weighted by molar-refractivity contribution is 4.69. The summed E-state index contributed by atoms with van der Waals surface area (Å²) in [7, 11) is 4.02. The third-order valence-corrected chi connectivity index (χ3v) is 2.82. The van der Waals surface area contributed by atoms with Gasteiger partial charge in [-0.05, 0) is 51.6 Å². The Balaban J connectivity index is 0. The molecule has 0 aromatic heterocycles. The summed E-state index contributed by atoms with van der Waals surface area (Å²) in [6.45, 7) is 18.0. The smallest absolute Gasteiger partial charge is 0.00407 e. The summed E-state index contributed by atoms with van der Waals surface area (Å²) in [6.07, 6.45) is 2.48. The Morgan fingerprint density at radius 3 is 0.944 bits per heavy atom. The van der Waals surface area contributed by atoms with Crippen LogP contribution in [0, 0.1) is 10.8 Å². The van der Waals surface area contributed by atoms with E-state index in [0.29, 0.717) is 22.9 Å². The number of hydrogen-bond acceptors (Lipinski definition) is 2. The van der Waals surface area contributed by atoms with Crippen molar-refractivity contribution in [1.29, 1.82) is 0 Å². The quantitative estimate of drug-likeness (QED) is 0.794. The minimum Gasteiger partial charge on any atom is -0.317 e. The van der Waals surface area contributed by atoms with Crippen molar-refractivity contribution in [2.24, 2.45) is 10.8 Å². The van der Waals surface area contributed by atoms with Crippen LogP contribution in [0.5, 0.6) is 0 Å². The topological polar surface area (TPSA) is 24.1 Å². The average molecular weight is 258 g/mol. The Morgan fingerprint density at radius 2 is 0.889 bits per heavy atom. The maximum atomic E-state index is 3.22. The van der Waals surface area contributed by atoms with Crippen LogP contribution in [0.1, 0.15) is 68.2 Å². The van der Waals surface area contributed by atoms with E-state index in [1.165, 1.54) is 12.8 Å². The number of nitrogens with one attached hydrogen (secondary N) is 2. The van der Waals surface area contributed by atoms with Crippen LogP contribution in [-0.4, -0.2) is 26.2 Å². The highest BCUT2D eigenvalue weighted by atomic mass is 14.9. The van der Waals surface area contributed by atoms with Crippen LogP contribution in [-0.2, 0) is 0 Å². The second-order valence-electron chi connectivity index (χ2n) is 7.91. The molecule has 0 fully saturated rings. The molecule has 2 heteroatoms. The molecule has 0 rings (SSSR count). The molecule has 2 atom stereocenters. The van der Waals surface area contributed by atoms with Crippen molar-refractivity contribution in [3.63, 3.8) is 0 Å². The van der Waals surface area contributed by atoms with Gasteiger partial charge in [0, 0.05) is 12.1 Å². The summed E-state index contributed by atoms with van der Waals surface area (Å²) in [4.78, 5) is 0. The van der Waals surface area contributed by atoms with Gasteiger partial charge in [-0.3, -0.25) is 0 Å². The summed E-state index contributed by atoms with van der Waals surface area (Å²) in [5.74, 6) is 0. The first kappa shape index (κ1) is 20.2. The molecule has 0 aromatic carbocycles. The van der Waals surface area contributed by atoms with E-state index in [1.54, 1.807) is 0 Å². The standard InChI is InChI=1S/2C8H19N/c2*1-7(9-5)6-8(2,3)4/h2*7,9H,6H2,1-5H3/t2*7-/m10/s1. The number of rotatable bonds is 4. The van der Waals surface area contributed by atoms with E-state index in [4.69, 9.17) is 0 Å². The van der Waals surface area contributed by atoms with Gasteiger partial charge >= 0.3 is 0 Å². The normalized spacial score (nSPS) is 15.7. The summed E-state index contributed by atoms with van der Waals surface area (Å²) in [6, 6.07) is 1.29. The van der Waals surface area contributed by atoms with Gasteiger partial charge in [-0.1, -0.05) is 41.5 Å². The van der Waals surface area contributed by atoms with Gasteiger partial charge in [-0.25, -0.2) is 0 Å². The van der Waals surface area contributed by atoms with E-state index >= 15 is 0 Å². The molecule has 0 bridgehead atoms. The molecule has 0 aromatic rings. The molecule has 18 heavy (non-hydrogen) atoms. The summed E-state index contributed by atoms with van der Waals surface area (Å²) in [5, 5.41) is 6.44. The van der Waals surface area contributed by atoms with E-state index in [1.807, 2.05) is 14.1 Å². The zero-order valence-electron chi connectivity index (χ0n) is 14.6. The van der Waals surface area contributed by atoms with Crippen molar-refractivity contribution in [3.05, 3.63) is 0 Å². The fourth-order valence-electron chi connectivity index (χ4n) is 2.04. The zero-order chi connectivity index (χ0) is 15.0.